The Kier molecular flexibility index (Phi) is 5.02. The maximum Gasteiger partial charge on any atom is 0.342 e. The van der Waals surface area contributed by atoms with Crippen molar-refractivity contribution in [3.8, 4) is 5.75 Å². The van der Waals surface area contributed by atoms with E-state index in [-0.39, 0.29) is 23.6 Å². The van der Waals surface area contributed by atoms with Crippen LogP contribution in [0.15, 0.2) is 17.2 Å². The van der Waals surface area contributed by atoms with Crippen LogP contribution in [0, 0.1) is 6.92 Å². The number of nitrogens with zero attached hydrogens (tertiary/aromatic N) is 3. The fourth-order valence-corrected chi connectivity index (χ4v) is 1.40. The van der Waals surface area contributed by atoms with Gasteiger partial charge in [-0.2, -0.15) is 0 Å². The van der Waals surface area contributed by atoms with Crippen molar-refractivity contribution in [3.63, 3.8) is 0 Å². The Morgan fingerprint density at radius 3 is 2.89 bits per heavy atom. The molecule has 1 rings (SSSR count). The lowest BCUT2D eigenvalue weighted by Gasteiger charge is -2.10. The lowest BCUT2D eigenvalue weighted by molar-refractivity contribution is 0.0497. The molecule has 0 fully saturated rings. The molecule has 96 valence electrons. The number of azide groups is 1. The van der Waals surface area contributed by atoms with Crippen molar-refractivity contribution in [1.29, 1.82) is 0 Å². The van der Waals surface area contributed by atoms with Crippen LogP contribution in [0.3, 0.4) is 0 Å². The molecule has 0 aliphatic carbocycles. The number of esters is 1. The molecule has 0 amide bonds. The van der Waals surface area contributed by atoms with E-state index in [2.05, 4.69) is 10.0 Å². The number of carbonyl (C=O) groups excluding carboxylic acids is 1. The molecule has 6 nitrogen and oxygen atoms in total. The maximum absolute atomic E-state index is 11.8. The number of phenolic OH excluding ortho intramolecular Hbond substituents is 1. The number of carbonyl (C=O) groups is 1. The minimum Gasteiger partial charge on any atom is -0.507 e. The molecule has 0 atom stereocenters. The number of aryl methyl sites for hydroxylation is 1. The highest BCUT2D eigenvalue weighted by Gasteiger charge is 2.18. The number of unbranched alkanes of at least 4 members (excludes halogenated alkanes) is 1. The molecule has 0 unspecified atom stereocenters. The first-order chi connectivity index (χ1) is 8.61. The van der Waals surface area contributed by atoms with Crippen LogP contribution >= 0.6 is 0 Å². The van der Waals surface area contributed by atoms with Gasteiger partial charge in [0.25, 0.3) is 0 Å². The molecule has 0 saturated heterocycles. The standard InChI is InChI=1S/C12H15N3O3/c1-3-4-7-18-12(17)10-9(14-15-13)6-5-8(2)11(10)16/h5-6,16H,3-4,7H2,1-2H3. The highest BCUT2D eigenvalue weighted by Crippen LogP contribution is 2.32. The Morgan fingerprint density at radius 2 is 2.28 bits per heavy atom. The molecule has 6 heteroatoms. The summed E-state index contributed by atoms with van der Waals surface area (Å²) in [6.45, 7) is 3.90. The Labute approximate surface area is 105 Å². The van der Waals surface area contributed by atoms with Crippen LogP contribution in [0.1, 0.15) is 35.7 Å². The molecule has 1 aromatic carbocycles. The van der Waals surface area contributed by atoms with Gasteiger partial charge in [-0.05, 0) is 24.4 Å². The Balaban J connectivity index is 3.07. The predicted molar refractivity (Wildman–Crippen MR) is 66.8 cm³/mol. The lowest BCUT2D eigenvalue weighted by atomic mass is 10.1. The molecule has 0 radical (unpaired) electrons. The first-order valence-corrected chi connectivity index (χ1v) is 5.66. The normalized spacial score (nSPS) is 9.67. The summed E-state index contributed by atoms with van der Waals surface area (Å²) < 4.78 is 5.01. The van der Waals surface area contributed by atoms with Crippen LogP contribution in [-0.4, -0.2) is 17.7 Å². The van der Waals surface area contributed by atoms with E-state index < -0.39 is 5.97 Å². The molecule has 0 spiro atoms. The molecular formula is C12H15N3O3. The van der Waals surface area contributed by atoms with Crippen molar-refractivity contribution >= 4 is 11.7 Å². The van der Waals surface area contributed by atoms with Crippen molar-refractivity contribution in [2.45, 2.75) is 26.7 Å². The van der Waals surface area contributed by atoms with E-state index in [0.29, 0.717) is 5.56 Å². The summed E-state index contributed by atoms with van der Waals surface area (Å²) in [6.07, 6.45) is 1.64. The van der Waals surface area contributed by atoms with Gasteiger partial charge in [-0.1, -0.05) is 30.6 Å². The molecule has 0 heterocycles. The molecule has 1 N–H and O–H groups in total. The maximum atomic E-state index is 11.8. The monoisotopic (exact) mass is 249 g/mol. The fraction of sp³-hybridized carbons (Fsp3) is 0.417. The molecule has 0 saturated carbocycles. The summed E-state index contributed by atoms with van der Waals surface area (Å²) >= 11 is 0. The zero-order valence-corrected chi connectivity index (χ0v) is 10.4. The van der Waals surface area contributed by atoms with Gasteiger partial charge in [0, 0.05) is 4.91 Å². The highest BCUT2D eigenvalue weighted by atomic mass is 16.5. The first kappa shape index (κ1) is 13.9. The van der Waals surface area contributed by atoms with Crippen molar-refractivity contribution < 1.29 is 14.6 Å². The van der Waals surface area contributed by atoms with Gasteiger partial charge in [-0.15, -0.1) is 0 Å². The second-order valence-corrected chi connectivity index (χ2v) is 3.80. The van der Waals surface area contributed by atoms with Crippen molar-refractivity contribution in [3.05, 3.63) is 33.7 Å². The summed E-state index contributed by atoms with van der Waals surface area (Å²) in [5.74, 6) is -0.881. The van der Waals surface area contributed by atoms with Gasteiger partial charge in [-0.25, -0.2) is 4.79 Å². The van der Waals surface area contributed by atoms with Crippen LogP contribution < -0.4 is 0 Å². The Morgan fingerprint density at radius 1 is 1.56 bits per heavy atom. The smallest absolute Gasteiger partial charge is 0.342 e. The van der Waals surface area contributed by atoms with E-state index in [1.807, 2.05) is 6.92 Å². The third-order valence-electron chi connectivity index (χ3n) is 2.45. The molecule has 0 aromatic heterocycles. The minimum absolute atomic E-state index is 0.0714. The number of rotatable bonds is 5. The third kappa shape index (κ3) is 3.15. The van der Waals surface area contributed by atoms with E-state index in [9.17, 15) is 9.90 Å². The Bertz CT molecular complexity index is 494. The van der Waals surface area contributed by atoms with Crippen LogP contribution in [0.25, 0.3) is 10.4 Å². The zero-order chi connectivity index (χ0) is 13.5. The van der Waals surface area contributed by atoms with E-state index in [0.717, 1.165) is 12.8 Å². The number of phenols is 1. The van der Waals surface area contributed by atoms with Gasteiger partial charge in [0.1, 0.15) is 11.3 Å². The van der Waals surface area contributed by atoms with Crippen LogP contribution in [0.2, 0.25) is 0 Å². The van der Waals surface area contributed by atoms with Gasteiger partial charge < -0.3 is 9.84 Å². The highest BCUT2D eigenvalue weighted by molar-refractivity contribution is 5.98. The van der Waals surface area contributed by atoms with E-state index >= 15 is 0 Å². The van der Waals surface area contributed by atoms with Crippen LogP contribution in [0.5, 0.6) is 5.75 Å². The quantitative estimate of drug-likeness (QED) is 0.284. The number of hydrogen-bond donors (Lipinski definition) is 1. The van der Waals surface area contributed by atoms with Gasteiger partial charge in [-0.3, -0.25) is 0 Å². The number of aromatic hydroxyl groups is 1. The average molecular weight is 249 g/mol. The van der Waals surface area contributed by atoms with Crippen molar-refractivity contribution in [2.24, 2.45) is 5.11 Å². The number of hydrogen-bond acceptors (Lipinski definition) is 4. The topological polar surface area (TPSA) is 95.3 Å². The molecule has 0 bridgehead atoms. The van der Waals surface area contributed by atoms with Crippen LogP contribution in [0.4, 0.5) is 5.69 Å². The van der Waals surface area contributed by atoms with Crippen molar-refractivity contribution in [1.82, 2.24) is 0 Å². The summed E-state index contributed by atoms with van der Waals surface area (Å²) in [5, 5.41) is 13.2. The Hall–Kier alpha value is -2.20. The van der Waals surface area contributed by atoms with Gasteiger partial charge >= 0.3 is 5.97 Å². The summed E-state index contributed by atoms with van der Waals surface area (Å²) in [6, 6.07) is 3.05. The predicted octanol–water partition coefficient (Wildman–Crippen LogP) is 3.60. The number of benzene rings is 1. The van der Waals surface area contributed by atoms with E-state index in [4.69, 9.17) is 10.3 Å². The molecule has 0 aliphatic rings. The van der Waals surface area contributed by atoms with Crippen molar-refractivity contribution in [2.75, 3.05) is 6.61 Å². The van der Waals surface area contributed by atoms with E-state index in [1.54, 1.807) is 13.0 Å². The van der Waals surface area contributed by atoms with Gasteiger partial charge in [0.2, 0.25) is 0 Å². The van der Waals surface area contributed by atoms with Gasteiger partial charge in [0.05, 0.1) is 12.3 Å². The summed E-state index contributed by atoms with van der Waals surface area (Å²) in [5.41, 5.74) is 8.94. The molecule has 18 heavy (non-hydrogen) atoms. The zero-order valence-electron chi connectivity index (χ0n) is 10.4. The largest absolute Gasteiger partial charge is 0.507 e. The minimum atomic E-state index is -0.674. The third-order valence-corrected chi connectivity index (χ3v) is 2.45. The fourth-order valence-electron chi connectivity index (χ4n) is 1.40. The van der Waals surface area contributed by atoms with Crippen LogP contribution in [-0.2, 0) is 4.74 Å². The second kappa shape index (κ2) is 6.51. The first-order valence-electron chi connectivity index (χ1n) is 5.66. The lowest BCUT2D eigenvalue weighted by Crippen LogP contribution is -2.07. The molecular weight excluding hydrogens is 234 g/mol. The van der Waals surface area contributed by atoms with Gasteiger partial charge in [0.15, 0.2) is 0 Å². The second-order valence-electron chi connectivity index (χ2n) is 3.80. The molecule has 1 aromatic rings. The SMILES string of the molecule is CCCCOC(=O)c1c(N=[N+]=[N-])ccc(C)c1O. The average Bonchev–Trinajstić information content (AvgIpc) is 2.34. The summed E-state index contributed by atoms with van der Waals surface area (Å²) in [4.78, 5) is 14.4. The van der Waals surface area contributed by atoms with E-state index in [1.165, 1.54) is 6.07 Å². The number of ether oxygens (including phenoxy) is 1. The molecule has 0 aliphatic heterocycles. The summed E-state index contributed by atoms with van der Waals surface area (Å²) in [7, 11) is 0.